The first-order valence-electron chi connectivity index (χ1n) is 10.7. The fourth-order valence-corrected chi connectivity index (χ4v) is 3.69. The summed E-state index contributed by atoms with van der Waals surface area (Å²) >= 11 is 3.48. The van der Waals surface area contributed by atoms with Crippen LogP contribution in [0.3, 0.4) is 0 Å². The zero-order valence-electron chi connectivity index (χ0n) is 19.0. The van der Waals surface area contributed by atoms with Crippen molar-refractivity contribution in [1.82, 2.24) is 5.43 Å². The molecule has 3 aromatic carbocycles. The van der Waals surface area contributed by atoms with Crippen molar-refractivity contribution in [3.63, 3.8) is 0 Å². The van der Waals surface area contributed by atoms with Gasteiger partial charge in [-0.1, -0.05) is 12.1 Å². The number of benzene rings is 3. The molecule has 0 saturated heterocycles. The summed E-state index contributed by atoms with van der Waals surface area (Å²) in [5.41, 5.74) is 4.51. The lowest BCUT2D eigenvalue weighted by Gasteiger charge is -2.12. The molecule has 0 unspecified atom stereocenters. The number of hydrogen-bond donors (Lipinski definition) is 1. The Bertz CT molecular complexity index is 1370. The monoisotopic (exact) mass is 540 g/mol. The molecule has 0 bridgehead atoms. The number of halogens is 2. The van der Waals surface area contributed by atoms with Gasteiger partial charge in [0.1, 0.15) is 23.8 Å². The van der Waals surface area contributed by atoms with Gasteiger partial charge in [-0.25, -0.2) is 9.82 Å². The minimum atomic E-state index is -0.488. The van der Waals surface area contributed by atoms with Crippen LogP contribution in [0.4, 0.5) is 4.39 Å². The number of carbonyl (C=O) groups excluding carboxylic acids is 1. The van der Waals surface area contributed by atoms with Gasteiger partial charge in [0, 0.05) is 15.4 Å². The summed E-state index contributed by atoms with van der Waals surface area (Å²) in [7, 11) is 1.52. The predicted molar refractivity (Wildman–Crippen MR) is 134 cm³/mol. The Hall–Kier alpha value is -3.85. The quantitative estimate of drug-likeness (QED) is 0.205. The lowest BCUT2D eigenvalue weighted by molar-refractivity contribution is 0.0929. The van der Waals surface area contributed by atoms with Crippen LogP contribution >= 0.6 is 15.9 Å². The van der Waals surface area contributed by atoms with Crippen molar-refractivity contribution in [2.45, 2.75) is 13.5 Å². The molecule has 35 heavy (non-hydrogen) atoms. The van der Waals surface area contributed by atoms with Gasteiger partial charge >= 0.3 is 5.91 Å². The second kappa shape index (κ2) is 11.1. The van der Waals surface area contributed by atoms with E-state index in [-0.39, 0.29) is 18.2 Å². The summed E-state index contributed by atoms with van der Waals surface area (Å²) in [4.78, 5) is 12.5. The van der Waals surface area contributed by atoms with Crippen molar-refractivity contribution in [3.05, 3.63) is 87.8 Å². The van der Waals surface area contributed by atoms with Crippen LogP contribution in [-0.4, -0.2) is 25.8 Å². The Morgan fingerprint density at radius 2 is 1.89 bits per heavy atom. The third kappa shape index (κ3) is 5.99. The molecule has 0 aliphatic carbocycles. The summed E-state index contributed by atoms with van der Waals surface area (Å²) in [5, 5.41) is 4.79. The Labute approximate surface area is 209 Å². The third-order valence-electron chi connectivity index (χ3n) is 4.98. The molecule has 0 saturated carbocycles. The lowest BCUT2D eigenvalue weighted by Crippen LogP contribution is -2.16. The number of fused-ring (bicyclic) bond motifs is 1. The van der Waals surface area contributed by atoms with E-state index < -0.39 is 5.91 Å². The van der Waals surface area contributed by atoms with Crippen molar-refractivity contribution < 1.29 is 27.8 Å². The maximum Gasteiger partial charge on any atom is 0.307 e. The predicted octanol–water partition coefficient (Wildman–Crippen LogP) is 6.08. The van der Waals surface area contributed by atoms with E-state index in [0.717, 1.165) is 10.9 Å². The molecule has 1 heterocycles. The fraction of sp³-hybridized carbons (Fsp3) is 0.154. The molecule has 180 valence electrons. The maximum absolute atomic E-state index is 13.1. The Morgan fingerprint density at radius 3 is 2.63 bits per heavy atom. The van der Waals surface area contributed by atoms with E-state index in [4.69, 9.17) is 18.6 Å². The molecule has 0 fully saturated rings. The summed E-state index contributed by atoms with van der Waals surface area (Å²) in [6.45, 7) is 2.70. The van der Waals surface area contributed by atoms with Crippen molar-refractivity contribution >= 4 is 39.0 Å². The molecule has 7 nitrogen and oxygen atoms in total. The van der Waals surface area contributed by atoms with E-state index in [0.29, 0.717) is 39.5 Å². The van der Waals surface area contributed by atoms with Crippen LogP contribution in [0.1, 0.15) is 28.6 Å². The van der Waals surface area contributed by atoms with Gasteiger partial charge in [0.15, 0.2) is 17.3 Å². The molecular formula is C26H22BrFN2O5. The minimum Gasteiger partial charge on any atom is -0.494 e. The highest BCUT2D eigenvalue weighted by atomic mass is 79.9. The molecule has 0 aliphatic rings. The normalized spacial score (nSPS) is 11.1. The molecule has 0 atom stereocenters. The number of carbonyl (C=O) groups is 1. The molecule has 1 aromatic heterocycles. The Morgan fingerprint density at radius 1 is 1.09 bits per heavy atom. The van der Waals surface area contributed by atoms with E-state index in [1.165, 1.54) is 25.5 Å². The first-order chi connectivity index (χ1) is 17.0. The number of nitrogens with one attached hydrogen (secondary N) is 1. The Kier molecular flexibility index (Phi) is 7.67. The van der Waals surface area contributed by atoms with E-state index >= 15 is 0 Å². The van der Waals surface area contributed by atoms with Crippen LogP contribution in [-0.2, 0) is 6.61 Å². The number of furan rings is 1. The zero-order chi connectivity index (χ0) is 24.8. The van der Waals surface area contributed by atoms with Crippen LogP contribution in [0.2, 0.25) is 0 Å². The van der Waals surface area contributed by atoms with Crippen molar-refractivity contribution in [2.75, 3.05) is 13.7 Å². The molecule has 1 N–H and O–H groups in total. The number of hydrogen-bond acceptors (Lipinski definition) is 6. The molecular weight excluding hydrogens is 519 g/mol. The highest BCUT2D eigenvalue weighted by Crippen LogP contribution is 2.33. The number of rotatable bonds is 9. The first kappa shape index (κ1) is 24.3. The van der Waals surface area contributed by atoms with Crippen molar-refractivity contribution in [2.24, 2.45) is 5.10 Å². The topological polar surface area (TPSA) is 82.3 Å². The largest absolute Gasteiger partial charge is 0.494 e. The molecule has 4 aromatic rings. The van der Waals surface area contributed by atoms with Crippen LogP contribution in [0.5, 0.6) is 17.2 Å². The zero-order valence-corrected chi connectivity index (χ0v) is 20.6. The van der Waals surface area contributed by atoms with Crippen molar-refractivity contribution in [3.8, 4) is 17.2 Å². The standard InChI is InChI=1S/C26H22BrFN2O5/c1-3-33-20-8-9-22-17(10-20)11-25(35-22)26(31)30-29-14-18-12-23(32-2)24(13-21(18)27)34-15-16-4-6-19(28)7-5-16/h4-14H,3,15H2,1-2H3,(H,30,31)/b29-14+. The van der Waals surface area contributed by atoms with Gasteiger partial charge in [-0.2, -0.15) is 5.10 Å². The van der Waals surface area contributed by atoms with Gasteiger partial charge in [0.25, 0.3) is 0 Å². The smallest absolute Gasteiger partial charge is 0.307 e. The maximum atomic E-state index is 13.1. The summed E-state index contributed by atoms with van der Waals surface area (Å²) < 4.78 is 36.1. The van der Waals surface area contributed by atoms with Crippen molar-refractivity contribution in [1.29, 1.82) is 0 Å². The molecule has 0 aliphatic heterocycles. The Balaban J connectivity index is 1.43. The molecule has 0 spiro atoms. The van der Waals surface area contributed by atoms with Crippen LogP contribution in [0, 0.1) is 5.82 Å². The van der Waals surface area contributed by atoms with Crippen LogP contribution in [0.15, 0.2) is 74.7 Å². The molecule has 1 amide bonds. The van der Waals surface area contributed by atoms with Crippen LogP contribution in [0.25, 0.3) is 11.0 Å². The number of nitrogens with zero attached hydrogens (tertiary/aromatic N) is 1. The van der Waals surface area contributed by atoms with Gasteiger partial charge in [-0.05, 0) is 76.9 Å². The molecule has 0 radical (unpaired) electrons. The first-order valence-corrected chi connectivity index (χ1v) is 11.5. The fourth-order valence-electron chi connectivity index (χ4n) is 3.27. The second-order valence-electron chi connectivity index (χ2n) is 7.38. The summed E-state index contributed by atoms with van der Waals surface area (Å²) in [5.74, 6) is 1.02. The van der Waals surface area contributed by atoms with Gasteiger partial charge in [-0.3, -0.25) is 4.79 Å². The highest BCUT2D eigenvalue weighted by molar-refractivity contribution is 9.10. The number of ether oxygens (including phenoxy) is 3. The third-order valence-corrected chi connectivity index (χ3v) is 5.67. The van der Waals surface area contributed by atoms with E-state index in [9.17, 15) is 9.18 Å². The number of hydrazone groups is 1. The second-order valence-corrected chi connectivity index (χ2v) is 8.24. The highest BCUT2D eigenvalue weighted by Gasteiger charge is 2.13. The molecule has 9 heteroatoms. The SMILES string of the molecule is CCOc1ccc2oc(C(=O)N/N=C/c3cc(OC)c(OCc4ccc(F)cc4)cc3Br)cc2c1. The average molecular weight is 541 g/mol. The number of methoxy groups -OCH3 is 1. The summed E-state index contributed by atoms with van der Waals surface area (Å²) in [6.07, 6.45) is 1.48. The van der Waals surface area contributed by atoms with Gasteiger partial charge in [-0.15, -0.1) is 0 Å². The van der Waals surface area contributed by atoms with E-state index in [1.54, 1.807) is 42.5 Å². The van der Waals surface area contributed by atoms with Gasteiger partial charge < -0.3 is 18.6 Å². The summed E-state index contributed by atoms with van der Waals surface area (Å²) in [6, 6.07) is 16.5. The van der Waals surface area contributed by atoms with Gasteiger partial charge in [0.05, 0.1) is 19.9 Å². The minimum absolute atomic E-state index is 0.131. The lowest BCUT2D eigenvalue weighted by atomic mass is 10.2. The van der Waals surface area contributed by atoms with E-state index in [2.05, 4.69) is 26.5 Å². The van der Waals surface area contributed by atoms with Crippen LogP contribution < -0.4 is 19.6 Å². The number of amides is 1. The van der Waals surface area contributed by atoms with Gasteiger partial charge in [0.2, 0.25) is 0 Å². The van der Waals surface area contributed by atoms with E-state index in [1.807, 2.05) is 13.0 Å². The molecule has 4 rings (SSSR count). The average Bonchev–Trinajstić information content (AvgIpc) is 3.28.